The number of ether oxygens (including phenoxy) is 1. The van der Waals surface area contributed by atoms with Crippen LogP contribution in [0.5, 0.6) is 5.75 Å². The van der Waals surface area contributed by atoms with E-state index in [0.29, 0.717) is 12.1 Å². The SMILES string of the molecule is CCC(C)NC1CCc2c(OC)cccc21. The molecule has 0 heterocycles. The molecule has 0 spiro atoms. The lowest BCUT2D eigenvalue weighted by Crippen LogP contribution is -2.28. The van der Waals surface area contributed by atoms with Crippen molar-refractivity contribution in [3.05, 3.63) is 29.3 Å². The molecule has 1 N–H and O–H groups in total. The molecule has 0 bridgehead atoms. The molecular formula is C14H21NO. The number of hydrogen-bond acceptors (Lipinski definition) is 2. The quantitative estimate of drug-likeness (QED) is 0.840. The lowest BCUT2D eigenvalue weighted by atomic mass is 10.1. The van der Waals surface area contributed by atoms with E-state index in [1.807, 2.05) is 0 Å². The van der Waals surface area contributed by atoms with Gasteiger partial charge in [0, 0.05) is 12.1 Å². The number of nitrogens with one attached hydrogen (secondary N) is 1. The van der Waals surface area contributed by atoms with Gasteiger partial charge in [-0.25, -0.2) is 0 Å². The molecule has 2 rings (SSSR count). The van der Waals surface area contributed by atoms with E-state index < -0.39 is 0 Å². The highest BCUT2D eigenvalue weighted by Gasteiger charge is 2.25. The van der Waals surface area contributed by atoms with E-state index in [1.165, 1.54) is 24.0 Å². The van der Waals surface area contributed by atoms with Gasteiger partial charge in [-0.05, 0) is 43.4 Å². The van der Waals surface area contributed by atoms with Gasteiger partial charge in [-0.3, -0.25) is 0 Å². The summed E-state index contributed by atoms with van der Waals surface area (Å²) in [5.74, 6) is 1.05. The fraction of sp³-hybridized carbons (Fsp3) is 0.571. The fourth-order valence-corrected chi connectivity index (χ4v) is 2.45. The minimum absolute atomic E-state index is 0.514. The Hall–Kier alpha value is -1.02. The first kappa shape index (κ1) is 11.5. The lowest BCUT2D eigenvalue weighted by molar-refractivity contribution is 0.410. The van der Waals surface area contributed by atoms with E-state index in [4.69, 9.17) is 4.74 Å². The van der Waals surface area contributed by atoms with Crippen LogP contribution in [0.15, 0.2) is 18.2 Å². The molecule has 1 aromatic rings. The molecule has 0 radical (unpaired) electrons. The van der Waals surface area contributed by atoms with E-state index in [9.17, 15) is 0 Å². The molecule has 88 valence electrons. The van der Waals surface area contributed by atoms with Crippen LogP contribution in [0.3, 0.4) is 0 Å². The van der Waals surface area contributed by atoms with Crippen molar-refractivity contribution in [3.8, 4) is 5.75 Å². The van der Waals surface area contributed by atoms with Crippen molar-refractivity contribution in [1.82, 2.24) is 5.32 Å². The summed E-state index contributed by atoms with van der Waals surface area (Å²) in [6.45, 7) is 4.47. The van der Waals surface area contributed by atoms with Crippen LogP contribution in [0.4, 0.5) is 0 Å². The van der Waals surface area contributed by atoms with Crippen LogP contribution in [0.2, 0.25) is 0 Å². The third kappa shape index (κ3) is 2.07. The molecule has 2 nitrogen and oxygen atoms in total. The maximum atomic E-state index is 5.41. The molecule has 1 aromatic carbocycles. The van der Waals surface area contributed by atoms with Gasteiger partial charge in [-0.1, -0.05) is 19.1 Å². The normalized spacial score (nSPS) is 20.6. The summed E-state index contributed by atoms with van der Waals surface area (Å²) in [5, 5.41) is 3.68. The van der Waals surface area contributed by atoms with Crippen LogP contribution in [-0.4, -0.2) is 13.2 Å². The average Bonchev–Trinajstić information content (AvgIpc) is 2.72. The van der Waals surface area contributed by atoms with Crippen molar-refractivity contribution in [1.29, 1.82) is 0 Å². The van der Waals surface area contributed by atoms with Gasteiger partial charge in [0.1, 0.15) is 5.75 Å². The summed E-state index contributed by atoms with van der Waals surface area (Å²) >= 11 is 0. The Bertz CT molecular complexity index is 362. The highest BCUT2D eigenvalue weighted by Crippen LogP contribution is 2.36. The minimum atomic E-state index is 0.514. The first-order chi connectivity index (χ1) is 7.76. The Morgan fingerprint density at radius 3 is 3.00 bits per heavy atom. The van der Waals surface area contributed by atoms with Crippen molar-refractivity contribution in [2.75, 3.05) is 7.11 Å². The second kappa shape index (κ2) is 4.88. The van der Waals surface area contributed by atoms with Gasteiger partial charge in [-0.2, -0.15) is 0 Å². The predicted octanol–water partition coefficient (Wildman–Crippen LogP) is 3.07. The topological polar surface area (TPSA) is 21.3 Å². The fourth-order valence-electron chi connectivity index (χ4n) is 2.45. The van der Waals surface area contributed by atoms with Crippen LogP contribution in [0.1, 0.15) is 43.9 Å². The van der Waals surface area contributed by atoms with Crippen LogP contribution < -0.4 is 10.1 Å². The van der Waals surface area contributed by atoms with Gasteiger partial charge in [0.2, 0.25) is 0 Å². The molecule has 0 saturated carbocycles. The molecule has 0 fully saturated rings. The third-order valence-corrected chi connectivity index (χ3v) is 3.55. The standard InChI is InChI=1S/C14H21NO/c1-4-10(2)15-13-9-8-12-11(13)6-5-7-14(12)16-3/h5-7,10,13,15H,4,8-9H2,1-3H3. The van der Waals surface area contributed by atoms with Gasteiger partial charge in [0.15, 0.2) is 0 Å². The largest absolute Gasteiger partial charge is 0.496 e. The van der Waals surface area contributed by atoms with Crippen molar-refractivity contribution >= 4 is 0 Å². The zero-order valence-corrected chi connectivity index (χ0v) is 10.4. The minimum Gasteiger partial charge on any atom is -0.496 e. The highest BCUT2D eigenvalue weighted by atomic mass is 16.5. The Morgan fingerprint density at radius 2 is 2.31 bits per heavy atom. The van der Waals surface area contributed by atoms with E-state index in [2.05, 4.69) is 37.4 Å². The average molecular weight is 219 g/mol. The van der Waals surface area contributed by atoms with E-state index in [-0.39, 0.29) is 0 Å². The summed E-state index contributed by atoms with van der Waals surface area (Å²) in [7, 11) is 1.75. The number of fused-ring (bicyclic) bond motifs is 1. The maximum absolute atomic E-state index is 5.41. The second-order valence-corrected chi connectivity index (χ2v) is 4.60. The zero-order chi connectivity index (χ0) is 11.5. The molecule has 2 atom stereocenters. The first-order valence-electron chi connectivity index (χ1n) is 6.18. The molecular weight excluding hydrogens is 198 g/mol. The molecule has 0 amide bonds. The highest BCUT2D eigenvalue weighted by molar-refractivity contribution is 5.45. The number of hydrogen-bond donors (Lipinski definition) is 1. The Kier molecular flexibility index (Phi) is 3.49. The van der Waals surface area contributed by atoms with Gasteiger partial charge < -0.3 is 10.1 Å². The summed E-state index contributed by atoms with van der Waals surface area (Å²) < 4.78 is 5.41. The molecule has 2 heteroatoms. The third-order valence-electron chi connectivity index (χ3n) is 3.55. The lowest BCUT2D eigenvalue weighted by Gasteiger charge is -2.19. The Morgan fingerprint density at radius 1 is 1.50 bits per heavy atom. The van der Waals surface area contributed by atoms with Crippen LogP contribution in [0.25, 0.3) is 0 Å². The number of methoxy groups -OCH3 is 1. The smallest absolute Gasteiger partial charge is 0.122 e. The van der Waals surface area contributed by atoms with E-state index in [0.717, 1.165) is 12.2 Å². The summed E-state index contributed by atoms with van der Waals surface area (Å²) in [4.78, 5) is 0. The molecule has 0 saturated heterocycles. The van der Waals surface area contributed by atoms with Gasteiger partial charge >= 0.3 is 0 Å². The molecule has 0 aromatic heterocycles. The summed E-state index contributed by atoms with van der Waals surface area (Å²) in [6, 6.07) is 7.48. The van der Waals surface area contributed by atoms with Gasteiger partial charge in [0.25, 0.3) is 0 Å². The van der Waals surface area contributed by atoms with Crippen LogP contribution in [-0.2, 0) is 6.42 Å². The van der Waals surface area contributed by atoms with Gasteiger partial charge in [0.05, 0.1) is 7.11 Å². The van der Waals surface area contributed by atoms with Crippen molar-refractivity contribution in [3.63, 3.8) is 0 Å². The molecule has 2 unspecified atom stereocenters. The van der Waals surface area contributed by atoms with Crippen molar-refractivity contribution < 1.29 is 4.74 Å². The Balaban J connectivity index is 2.20. The van der Waals surface area contributed by atoms with Crippen molar-refractivity contribution in [2.24, 2.45) is 0 Å². The maximum Gasteiger partial charge on any atom is 0.122 e. The van der Waals surface area contributed by atoms with E-state index in [1.54, 1.807) is 7.11 Å². The summed E-state index contributed by atoms with van der Waals surface area (Å²) in [6.07, 6.45) is 3.50. The predicted molar refractivity (Wildman–Crippen MR) is 66.9 cm³/mol. The molecule has 1 aliphatic carbocycles. The first-order valence-corrected chi connectivity index (χ1v) is 6.18. The number of benzene rings is 1. The van der Waals surface area contributed by atoms with Gasteiger partial charge in [-0.15, -0.1) is 0 Å². The van der Waals surface area contributed by atoms with E-state index >= 15 is 0 Å². The molecule has 1 aliphatic rings. The zero-order valence-electron chi connectivity index (χ0n) is 10.4. The number of rotatable bonds is 4. The summed E-state index contributed by atoms with van der Waals surface area (Å²) in [5.41, 5.74) is 2.82. The Labute approximate surface area is 98.0 Å². The monoisotopic (exact) mass is 219 g/mol. The molecule has 0 aliphatic heterocycles. The van der Waals surface area contributed by atoms with Crippen LogP contribution >= 0.6 is 0 Å². The second-order valence-electron chi connectivity index (χ2n) is 4.60. The van der Waals surface area contributed by atoms with Crippen LogP contribution in [0, 0.1) is 0 Å². The van der Waals surface area contributed by atoms with Crippen molar-refractivity contribution in [2.45, 2.75) is 45.2 Å². The molecule has 16 heavy (non-hydrogen) atoms.